The van der Waals surface area contributed by atoms with Gasteiger partial charge in [0, 0.05) is 0 Å². The monoisotopic (exact) mass is 427 g/mol. The third kappa shape index (κ3) is 2.86. The van der Waals surface area contributed by atoms with Gasteiger partial charge in [-0.3, -0.25) is 9.59 Å². The quantitative estimate of drug-likeness (QED) is 0.696. The molecule has 0 aromatic heterocycles. The third-order valence-corrected chi connectivity index (χ3v) is 8.48. The van der Waals surface area contributed by atoms with E-state index in [1.54, 1.807) is 44.2 Å². The van der Waals surface area contributed by atoms with Crippen molar-refractivity contribution in [3.05, 3.63) is 64.7 Å². The molecule has 0 saturated heterocycles. The fourth-order valence-electron chi connectivity index (χ4n) is 4.15. The fourth-order valence-corrected chi connectivity index (χ4v) is 6.49. The minimum absolute atomic E-state index is 0.0729. The van der Waals surface area contributed by atoms with Crippen LogP contribution >= 0.6 is 0 Å². The fraction of sp³-hybridized carbons (Fsp3) is 0.318. The molecule has 156 valence electrons. The van der Waals surface area contributed by atoms with Crippen molar-refractivity contribution in [3.63, 3.8) is 0 Å². The summed E-state index contributed by atoms with van der Waals surface area (Å²) in [4.78, 5) is 43.6. The van der Waals surface area contributed by atoms with Gasteiger partial charge in [-0.1, -0.05) is 42.2 Å². The van der Waals surface area contributed by atoms with Crippen LogP contribution in [0.2, 0.25) is 0 Å². The Labute approximate surface area is 174 Å². The third-order valence-electron chi connectivity index (χ3n) is 5.86. The van der Waals surface area contributed by atoms with Gasteiger partial charge in [0.15, 0.2) is 14.6 Å². The summed E-state index contributed by atoms with van der Waals surface area (Å²) < 4.78 is 25.4. The number of nitrogens with zero attached hydrogens (tertiary/aromatic N) is 1. The van der Waals surface area contributed by atoms with Crippen LogP contribution in [0.4, 0.5) is 0 Å². The molecule has 4 rings (SSSR count). The number of aryl methyl sites for hydroxylation is 2. The van der Waals surface area contributed by atoms with Gasteiger partial charge in [-0.05, 0) is 56.0 Å². The summed E-state index contributed by atoms with van der Waals surface area (Å²) in [5.41, 5.74) is 1.52. The summed E-state index contributed by atoms with van der Waals surface area (Å²) in [5.74, 6) is -2.64. The minimum atomic E-state index is -4.12. The lowest BCUT2D eigenvalue weighted by Gasteiger charge is -2.28. The molecule has 30 heavy (non-hydrogen) atoms. The topological polar surface area (TPSA) is 97.8 Å². The Hall–Kier alpha value is -3.00. The summed E-state index contributed by atoms with van der Waals surface area (Å²) in [6, 6.07) is 11.1. The number of amides is 2. The number of fused-ring (bicyclic) bond motifs is 1. The van der Waals surface area contributed by atoms with Crippen molar-refractivity contribution in [1.82, 2.24) is 5.06 Å². The van der Waals surface area contributed by atoms with E-state index in [-0.39, 0.29) is 28.9 Å². The lowest BCUT2D eigenvalue weighted by Crippen LogP contribution is -2.49. The largest absolute Gasteiger partial charge is 0.354 e. The van der Waals surface area contributed by atoms with E-state index in [9.17, 15) is 22.8 Å². The van der Waals surface area contributed by atoms with Crippen molar-refractivity contribution in [2.24, 2.45) is 0 Å². The number of hydrogen-bond acceptors (Lipinski definition) is 6. The first-order valence-corrected chi connectivity index (χ1v) is 11.2. The molecule has 0 N–H and O–H groups in total. The molecule has 1 saturated carbocycles. The van der Waals surface area contributed by atoms with Crippen LogP contribution in [0.25, 0.3) is 0 Å². The van der Waals surface area contributed by atoms with Crippen LogP contribution in [0.15, 0.2) is 47.4 Å². The molecule has 8 heteroatoms. The molecule has 0 bridgehead atoms. The summed E-state index contributed by atoms with van der Waals surface area (Å²) in [6.45, 7) is 3.45. The molecule has 7 nitrogen and oxygen atoms in total. The van der Waals surface area contributed by atoms with Crippen molar-refractivity contribution in [2.75, 3.05) is 0 Å². The smallest absolute Gasteiger partial charge is 0.328 e. The highest BCUT2D eigenvalue weighted by molar-refractivity contribution is 7.93. The Morgan fingerprint density at radius 1 is 0.967 bits per heavy atom. The van der Waals surface area contributed by atoms with Crippen LogP contribution in [0.1, 0.15) is 57.5 Å². The molecule has 2 aromatic rings. The van der Waals surface area contributed by atoms with E-state index in [2.05, 4.69) is 0 Å². The van der Waals surface area contributed by atoms with E-state index < -0.39 is 32.4 Å². The molecule has 0 atom stereocenters. The zero-order valence-electron chi connectivity index (χ0n) is 16.7. The van der Waals surface area contributed by atoms with Crippen LogP contribution in [0.3, 0.4) is 0 Å². The number of hydroxylamine groups is 2. The number of benzene rings is 2. The molecule has 1 aliphatic heterocycles. The summed E-state index contributed by atoms with van der Waals surface area (Å²) in [6.07, 6.45) is 1.21. The molecular weight excluding hydrogens is 406 g/mol. The van der Waals surface area contributed by atoms with E-state index in [0.29, 0.717) is 23.5 Å². The number of hydrogen-bond donors (Lipinski definition) is 0. The zero-order valence-corrected chi connectivity index (χ0v) is 17.5. The van der Waals surface area contributed by atoms with E-state index in [1.807, 2.05) is 0 Å². The van der Waals surface area contributed by atoms with Crippen molar-refractivity contribution >= 4 is 27.6 Å². The van der Waals surface area contributed by atoms with Crippen molar-refractivity contribution in [3.8, 4) is 0 Å². The van der Waals surface area contributed by atoms with Gasteiger partial charge in [-0.2, -0.15) is 0 Å². The number of imide groups is 1. The number of sulfone groups is 1. The number of carbonyl (C=O) groups excluding carboxylic acids is 3. The van der Waals surface area contributed by atoms with Gasteiger partial charge in [0.2, 0.25) is 0 Å². The highest BCUT2D eigenvalue weighted by atomic mass is 32.2. The van der Waals surface area contributed by atoms with Crippen molar-refractivity contribution < 1.29 is 27.6 Å². The highest BCUT2D eigenvalue weighted by Crippen LogP contribution is 2.43. The first kappa shape index (κ1) is 20.3. The van der Waals surface area contributed by atoms with Crippen molar-refractivity contribution in [1.29, 1.82) is 0 Å². The molecule has 2 aliphatic rings. The standard InChI is InChI=1S/C22H21NO6S/c1-14-9-10-15(2)18(13-14)30(27,28)22(11-5-6-12-22)21(26)29-23-19(24)16-7-3-4-8-17(16)20(23)25/h3-4,7-10,13H,5-6,11-12H2,1-2H3. The van der Waals surface area contributed by atoms with Gasteiger partial charge in [-0.25, -0.2) is 13.2 Å². The Morgan fingerprint density at radius 3 is 2.10 bits per heavy atom. The number of carbonyl (C=O) groups is 3. The first-order valence-electron chi connectivity index (χ1n) is 9.71. The molecule has 0 radical (unpaired) electrons. The van der Waals surface area contributed by atoms with Gasteiger partial charge in [0.25, 0.3) is 11.8 Å². The summed E-state index contributed by atoms with van der Waals surface area (Å²) in [7, 11) is -4.12. The van der Waals surface area contributed by atoms with Crippen LogP contribution in [-0.2, 0) is 19.5 Å². The van der Waals surface area contributed by atoms with Crippen LogP contribution in [0.5, 0.6) is 0 Å². The normalized spacial score (nSPS) is 17.9. The van der Waals surface area contributed by atoms with Gasteiger partial charge >= 0.3 is 5.97 Å². The maximum atomic E-state index is 13.6. The molecule has 1 fully saturated rings. The Morgan fingerprint density at radius 2 is 1.53 bits per heavy atom. The molecule has 0 spiro atoms. The molecule has 1 aliphatic carbocycles. The second-order valence-corrected chi connectivity index (χ2v) is 10.0. The van der Waals surface area contributed by atoms with Crippen molar-refractivity contribution in [2.45, 2.75) is 49.2 Å². The Kier molecular flexibility index (Phi) is 4.77. The molecule has 0 unspecified atom stereocenters. The number of rotatable bonds is 4. The van der Waals surface area contributed by atoms with Gasteiger partial charge in [-0.15, -0.1) is 0 Å². The van der Waals surface area contributed by atoms with Crippen LogP contribution < -0.4 is 0 Å². The minimum Gasteiger partial charge on any atom is -0.328 e. The summed E-state index contributed by atoms with van der Waals surface area (Å²) in [5, 5.41) is 0.381. The molecule has 1 heterocycles. The predicted molar refractivity (Wildman–Crippen MR) is 107 cm³/mol. The second-order valence-electron chi connectivity index (χ2n) is 7.80. The van der Waals surface area contributed by atoms with Gasteiger partial charge in [0.05, 0.1) is 16.0 Å². The lowest BCUT2D eigenvalue weighted by molar-refractivity contribution is -0.171. The first-order chi connectivity index (χ1) is 14.2. The average Bonchev–Trinajstić information content (AvgIpc) is 3.31. The predicted octanol–water partition coefficient (Wildman–Crippen LogP) is 3.14. The van der Waals surface area contributed by atoms with Crippen LogP contribution in [-0.4, -0.2) is 36.0 Å². The molecule has 2 aromatic carbocycles. The zero-order chi connectivity index (χ0) is 21.7. The maximum absolute atomic E-state index is 13.6. The maximum Gasteiger partial charge on any atom is 0.354 e. The SMILES string of the molecule is Cc1ccc(C)c(S(=O)(=O)C2(C(=O)ON3C(=O)c4ccccc4C3=O)CCCC2)c1. The average molecular weight is 427 g/mol. The van der Waals surface area contributed by atoms with E-state index in [0.717, 1.165) is 5.56 Å². The Balaban J connectivity index is 1.72. The lowest BCUT2D eigenvalue weighted by atomic mass is 10.1. The van der Waals surface area contributed by atoms with Gasteiger partial charge in [0.1, 0.15) is 0 Å². The van der Waals surface area contributed by atoms with E-state index in [1.165, 1.54) is 12.1 Å². The van der Waals surface area contributed by atoms with Gasteiger partial charge < -0.3 is 4.84 Å². The highest BCUT2D eigenvalue weighted by Gasteiger charge is 2.56. The van der Waals surface area contributed by atoms with E-state index >= 15 is 0 Å². The van der Waals surface area contributed by atoms with Crippen LogP contribution in [0, 0.1) is 13.8 Å². The Bertz CT molecular complexity index is 1140. The summed E-state index contributed by atoms with van der Waals surface area (Å²) >= 11 is 0. The molecular formula is C22H21NO6S. The molecule has 2 amide bonds. The van der Waals surface area contributed by atoms with E-state index in [4.69, 9.17) is 4.84 Å². The second kappa shape index (κ2) is 7.05.